The molecular formula is C16H21N3O2. The largest absolute Gasteiger partial charge is 0.461 e. The monoisotopic (exact) mass is 287 g/mol. The molecule has 0 aliphatic rings. The number of esters is 1. The van der Waals surface area contributed by atoms with Crippen molar-refractivity contribution in [3.8, 4) is 0 Å². The topological polar surface area (TPSA) is 55.3 Å². The summed E-state index contributed by atoms with van der Waals surface area (Å²) < 4.78 is 5.11. The van der Waals surface area contributed by atoms with Crippen LogP contribution in [-0.4, -0.2) is 35.9 Å². The zero-order chi connectivity index (χ0) is 15.4. The van der Waals surface area contributed by atoms with Gasteiger partial charge in [-0.15, -0.1) is 10.2 Å². The third-order valence-electron chi connectivity index (χ3n) is 3.71. The Kier molecular flexibility index (Phi) is 4.73. The maximum Gasteiger partial charge on any atom is 0.361 e. The van der Waals surface area contributed by atoms with E-state index in [1.54, 1.807) is 6.92 Å². The first-order chi connectivity index (χ1) is 10.1. The van der Waals surface area contributed by atoms with Crippen molar-refractivity contribution in [2.75, 3.05) is 18.6 Å². The van der Waals surface area contributed by atoms with Gasteiger partial charge >= 0.3 is 5.97 Å². The van der Waals surface area contributed by atoms with Gasteiger partial charge in [0.2, 0.25) is 0 Å². The van der Waals surface area contributed by atoms with Gasteiger partial charge in [-0.1, -0.05) is 25.1 Å². The molecule has 21 heavy (non-hydrogen) atoms. The van der Waals surface area contributed by atoms with Gasteiger partial charge in [-0.25, -0.2) is 4.79 Å². The second-order valence-electron chi connectivity index (χ2n) is 5.00. The Balaban J connectivity index is 2.65. The molecule has 0 fully saturated rings. The second-order valence-corrected chi connectivity index (χ2v) is 5.00. The van der Waals surface area contributed by atoms with E-state index in [9.17, 15) is 4.79 Å². The molecule has 0 saturated heterocycles. The minimum Gasteiger partial charge on any atom is -0.461 e. The number of ether oxygens (including phenoxy) is 1. The van der Waals surface area contributed by atoms with Crippen LogP contribution in [0.5, 0.6) is 0 Å². The third-order valence-corrected chi connectivity index (χ3v) is 3.71. The Morgan fingerprint density at radius 3 is 2.67 bits per heavy atom. The predicted molar refractivity (Wildman–Crippen MR) is 83.7 cm³/mol. The van der Waals surface area contributed by atoms with Gasteiger partial charge in [0, 0.05) is 18.5 Å². The van der Waals surface area contributed by atoms with Crippen LogP contribution in [0.4, 0.5) is 5.69 Å². The van der Waals surface area contributed by atoms with Crippen LogP contribution in [0.15, 0.2) is 24.3 Å². The average molecular weight is 287 g/mol. The Morgan fingerprint density at radius 2 is 2.00 bits per heavy atom. The summed E-state index contributed by atoms with van der Waals surface area (Å²) in [6.45, 7) is 6.33. The minimum atomic E-state index is -0.430. The van der Waals surface area contributed by atoms with Crippen LogP contribution < -0.4 is 4.90 Å². The van der Waals surface area contributed by atoms with Crippen molar-refractivity contribution in [3.63, 3.8) is 0 Å². The third kappa shape index (κ3) is 2.96. The first-order valence-corrected chi connectivity index (χ1v) is 7.25. The standard InChI is InChI=1S/C16H21N3O2/c1-5-11(3)19(4)15-12-9-7-8-10-13(12)17-18-14(15)16(20)21-6-2/h7-11H,5-6H2,1-4H3. The van der Waals surface area contributed by atoms with Gasteiger partial charge < -0.3 is 9.64 Å². The van der Waals surface area contributed by atoms with Crippen molar-refractivity contribution in [2.45, 2.75) is 33.2 Å². The molecule has 5 nitrogen and oxygen atoms in total. The molecule has 2 rings (SSSR count). The van der Waals surface area contributed by atoms with Gasteiger partial charge in [-0.05, 0) is 26.3 Å². The van der Waals surface area contributed by atoms with E-state index in [2.05, 4.69) is 28.9 Å². The van der Waals surface area contributed by atoms with Crippen molar-refractivity contribution >= 4 is 22.6 Å². The van der Waals surface area contributed by atoms with Gasteiger partial charge in [-0.3, -0.25) is 0 Å². The van der Waals surface area contributed by atoms with Crippen LogP contribution in [0, 0.1) is 0 Å². The molecule has 0 spiro atoms. The molecule has 1 heterocycles. The molecule has 5 heteroatoms. The highest BCUT2D eigenvalue weighted by Gasteiger charge is 2.23. The number of nitrogens with zero attached hydrogens (tertiary/aromatic N) is 3. The van der Waals surface area contributed by atoms with E-state index in [4.69, 9.17) is 4.74 Å². The van der Waals surface area contributed by atoms with Crippen LogP contribution >= 0.6 is 0 Å². The second kappa shape index (κ2) is 6.52. The number of fused-ring (bicyclic) bond motifs is 1. The maximum atomic E-state index is 12.2. The van der Waals surface area contributed by atoms with Crippen LogP contribution in [0.3, 0.4) is 0 Å². The summed E-state index contributed by atoms with van der Waals surface area (Å²) in [5.74, 6) is -0.430. The summed E-state index contributed by atoms with van der Waals surface area (Å²) in [5, 5.41) is 9.15. The molecule has 112 valence electrons. The fourth-order valence-electron chi connectivity index (χ4n) is 2.23. The number of aromatic nitrogens is 2. The van der Waals surface area contributed by atoms with Crippen molar-refractivity contribution < 1.29 is 9.53 Å². The lowest BCUT2D eigenvalue weighted by Crippen LogP contribution is -2.30. The van der Waals surface area contributed by atoms with E-state index in [0.29, 0.717) is 6.61 Å². The molecule has 0 bridgehead atoms. The number of carbonyl (C=O) groups is 1. The molecule has 2 aromatic rings. The van der Waals surface area contributed by atoms with Crippen molar-refractivity contribution in [3.05, 3.63) is 30.0 Å². The lowest BCUT2D eigenvalue weighted by Gasteiger charge is -2.28. The Labute approximate surface area is 124 Å². The van der Waals surface area contributed by atoms with Crippen molar-refractivity contribution in [2.24, 2.45) is 0 Å². The number of anilines is 1. The fourth-order valence-corrected chi connectivity index (χ4v) is 2.23. The van der Waals surface area contributed by atoms with Gasteiger partial charge in [0.25, 0.3) is 0 Å². The normalized spacial score (nSPS) is 12.2. The van der Waals surface area contributed by atoms with Crippen LogP contribution in [0.1, 0.15) is 37.7 Å². The molecule has 0 N–H and O–H groups in total. The van der Waals surface area contributed by atoms with Crippen LogP contribution in [0.2, 0.25) is 0 Å². The molecular weight excluding hydrogens is 266 g/mol. The van der Waals surface area contributed by atoms with Gasteiger partial charge in [0.1, 0.15) is 0 Å². The minimum absolute atomic E-state index is 0.276. The van der Waals surface area contributed by atoms with E-state index in [1.165, 1.54) is 0 Å². The van der Waals surface area contributed by atoms with Crippen LogP contribution in [-0.2, 0) is 4.74 Å². The SMILES string of the molecule is CCOC(=O)c1nnc2ccccc2c1N(C)C(C)CC. The number of benzene rings is 1. The average Bonchev–Trinajstić information content (AvgIpc) is 2.52. The zero-order valence-corrected chi connectivity index (χ0v) is 13.0. The summed E-state index contributed by atoms with van der Waals surface area (Å²) >= 11 is 0. The first-order valence-electron chi connectivity index (χ1n) is 7.25. The van der Waals surface area contributed by atoms with Crippen molar-refractivity contribution in [1.82, 2.24) is 10.2 Å². The number of hydrogen-bond donors (Lipinski definition) is 0. The Hall–Kier alpha value is -2.17. The van der Waals surface area contributed by atoms with Crippen molar-refractivity contribution in [1.29, 1.82) is 0 Å². The van der Waals surface area contributed by atoms with E-state index in [0.717, 1.165) is 23.0 Å². The lowest BCUT2D eigenvalue weighted by atomic mass is 10.1. The number of rotatable bonds is 5. The molecule has 0 aliphatic carbocycles. The molecule has 1 unspecified atom stereocenters. The van der Waals surface area contributed by atoms with E-state index in [-0.39, 0.29) is 11.7 Å². The number of carbonyl (C=O) groups excluding carboxylic acids is 1. The summed E-state index contributed by atoms with van der Waals surface area (Å²) in [6.07, 6.45) is 0.968. The van der Waals surface area contributed by atoms with Gasteiger partial charge in [-0.2, -0.15) is 0 Å². The van der Waals surface area contributed by atoms with Gasteiger partial charge in [0.15, 0.2) is 5.69 Å². The predicted octanol–water partition coefficient (Wildman–Crippen LogP) is 3.04. The molecule has 0 saturated carbocycles. The summed E-state index contributed by atoms with van der Waals surface area (Å²) in [7, 11) is 1.97. The van der Waals surface area contributed by atoms with Crippen LogP contribution in [0.25, 0.3) is 10.9 Å². The van der Waals surface area contributed by atoms with Gasteiger partial charge in [0.05, 0.1) is 17.8 Å². The molecule has 0 radical (unpaired) electrons. The highest BCUT2D eigenvalue weighted by Crippen LogP contribution is 2.29. The molecule has 1 aromatic heterocycles. The Morgan fingerprint density at radius 1 is 1.29 bits per heavy atom. The zero-order valence-electron chi connectivity index (χ0n) is 13.0. The van der Waals surface area contributed by atoms with E-state index >= 15 is 0 Å². The first kappa shape index (κ1) is 15.2. The molecule has 1 aromatic carbocycles. The fraction of sp³-hybridized carbons (Fsp3) is 0.438. The molecule has 0 aliphatic heterocycles. The quantitative estimate of drug-likeness (QED) is 0.791. The lowest BCUT2D eigenvalue weighted by molar-refractivity contribution is 0.0519. The molecule has 1 atom stereocenters. The maximum absolute atomic E-state index is 12.2. The summed E-state index contributed by atoms with van der Waals surface area (Å²) in [5.41, 5.74) is 1.84. The summed E-state index contributed by atoms with van der Waals surface area (Å²) in [6, 6.07) is 7.98. The highest BCUT2D eigenvalue weighted by atomic mass is 16.5. The Bertz CT molecular complexity index is 642. The smallest absolute Gasteiger partial charge is 0.361 e. The van der Waals surface area contributed by atoms with E-state index < -0.39 is 5.97 Å². The van der Waals surface area contributed by atoms with E-state index in [1.807, 2.05) is 31.3 Å². The highest BCUT2D eigenvalue weighted by molar-refractivity contribution is 6.03. The number of hydrogen-bond acceptors (Lipinski definition) is 5. The summed E-state index contributed by atoms with van der Waals surface area (Å²) in [4.78, 5) is 14.2. The molecule has 0 amide bonds.